The van der Waals surface area contributed by atoms with Gasteiger partial charge in [-0.25, -0.2) is 0 Å². The Labute approximate surface area is 580 Å². The first-order valence-electron chi connectivity index (χ1n) is 34.5. The molecule has 0 aliphatic carbocycles. The van der Waals surface area contributed by atoms with Gasteiger partial charge in [0.25, 0.3) is 6.71 Å². The average Bonchev–Trinajstić information content (AvgIpc) is 1.28. The normalized spacial score (nSPS) is 12.8. The van der Waals surface area contributed by atoms with Gasteiger partial charge in [0.2, 0.25) is 0 Å². The third-order valence-corrected chi connectivity index (χ3v) is 20.8. The number of anilines is 6. The molecule has 6 nitrogen and oxygen atoms in total. The summed E-state index contributed by atoms with van der Waals surface area (Å²) in [5.74, 6) is 0. The van der Waals surface area contributed by atoms with E-state index in [9.17, 15) is 10.5 Å². The summed E-state index contributed by atoms with van der Waals surface area (Å²) >= 11 is 0. The molecule has 0 N–H and O–H groups in total. The minimum atomic E-state index is -0.308. The van der Waals surface area contributed by atoms with E-state index < -0.39 is 0 Å². The van der Waals surface area contributed by atoms with Gasteiger partial charge in [0, 0.05) is 66.7 Å². The van der Waals surface area contributed by atoms with E-state index in [-0.39, 0.29) is 23.0 Å². The summed E-state index contributed by atoms with van der Waals surface area (Å²) in [4.78, 5) is 5.08. The first-order valence-corrected chi connectivity index (χ1v) is 34.5. The van der Waals surface area contributed by atoms with Crippen LogP contribution in [0.25, 0.3) is 99.5 Å². The van der Waals surface area contributed by atoms with Crippen LogP contribution in [0, 0.1) is 22.7 Å². The molecule has 13 aromatic carbocycles. The van der Waals surface area contributed by atoms with Gasteiger partial charge in [-0.3, -0.25) is 0 Å². The molecule has 17 rings (SSSR count). The largest absolute Gasteiger partial charge is 0.311 e. The number of hydrogen-bond donors (Lipinski definition) is 0. The van der Waals surface area contributed by atoms with Crippen molar-refractivity contribution in [2.24, 2.45) is 0 Å². The van der Waals surface area contributed by atoms with E-state index in [2.05, 4.69) is 354 Å². The van der Waals surface area contributed by atoms with Crippen molar-refractivity contribution in [2.45, 2.75) is 78.6 Å². The van der Waals surface area contributed by atoms with Crippen molar-refractivity contribution in [1.29, 1.82) is 10.5 Å². The number of aromatic nitrogens is 2. The summed E-state index contributed by atoms with van der Waals surface area (Å²) < 4.78 is 4.87. The second-order valence-corrected chi connectivity index (χ2v) is 29.9. The van der Waals surface area contributed by atoms with Crippen LogP contribution in [0.15, 0.2) is 279 Å². The van der Waals surface area contributed by atoms with Crippen molar-refractivity contribution in [3.05, 3.63) is 307 Å². The Kier molecular flexibility index (Phi) is 14.0. The van der Waals surface area contributed by atoms with Crippen LogP contribution in [-0.2, 0) is 16.2 Å². The van der Waals surface area contributed by atoms with Crippen LogP contribution in [0.2, 0.25) is 0 Å². The summed E-state index contributed by atoms with van der Waals surface area (Å²) in [5, 5.41) is 26.9. The van der Waals surface area contributed by atoms with Crippen molar-refractivity contribution in [3.63, 3.8) is 0 Å². The van der Waals surface area contributed by atoms with Crippen molar-refractivity contribution in [3.8, 4) is 68.0 Å². The summed E-state index contributed by atoms with van der Waals surface area (Å²) in [6.07, 6.45) is 0. The Balaban J connectivity index is 1.01. The lowest BCUT2D eigenvalue weighted by Gasteiger charge is -2.45. The van der Waals surface area contributed by atoms with E-state index >= 15 is 0 Å². The second kappa shape index (κ2) is 22.9. The molecule has 0 amide bonds. The van der Waals surface area contributed by atoms with Gasteiger partial charge in [-0.2, -0.15) is 10.5 Å². The minimum absolute atomic E-state index is 0.0695. The van der Waals surface area contributed by atoms with Crippen LogP contribution in [0.4, 0.5) is 34.1 Å². The van der Waals surface area contributed by atoms with E-state index in [0.717, 1.165) is 139 Å². The quantitative estimate of drug-likeness (QED) is 0.142. The number of fused-ring (bicyclic) bond motifs is 10. The maximum atomic E-state index is 11.2. The average molecular weight is 1270 g/mol. The molecule has 2 aliphatic heterocycles. The fourth-order valence-corrected chi connectivity index (χ4v) is 15.8. The predicted molar refractivity (Wildman–Crippen MR) is 416 cm³/mol. The SMILES string of the molecule is CC(C)(C)c1ccc(N2c3cc(-n4c5ccc(C(C)(C)C)cc5c5cc(C(C)(C)C)ccc54)ccc3B3c4ccc(-c5cc(C#N)ccc5-n5c6ccccc6c6ccccc65)cc4N(c4ccccc4-c4ccccc4)c4cc(-c5ccccc5C#N)cc2c43)c(-c2ccccc2)c1. The molecule has 2 aliphatic rings. The summed E-state index contributed by atoms with van der Waals surface area (Å²) in [6.45, 7) is 20.4. The monoisotopic (exact) mass is 1270 g/mol. The number of nitriles is 2. The Hall–Kier alpha value is -11.9. The van der Waals surface area contributed by atoms with Crippen LogP contribution < -0.4 is 26.2 Å². The van der Waals surface area contributed by atoms with E-state index in [1.54, 1.807) is 0 Å². The fraction of sp³-hybridized carbons (Fsp3) is 0.130. The number of nitrogens with zero attached hydrogens (tertiary/aromatic N) is 6. The first-order chi connectivity index (χ1) is 47.9. The molecule has 7 heteroatoms. The highest BCUT2D eigenvalue weighted by Crippen LogP contribution is 2.52. The van der Waals surface area contributed by atoms with Gasteiger partial charge >= 0.3 is 0 Å². The molecule has 15 aromatic rings. The van der Waals surface area contributed by atoms with Crippen LogP contribution in [0.5, 0.6) is 0 Å². The van der Waals surface area contributed by atoms with Crippen LogP contribution in [0.1, 0.15) is 90.1 Å². The molecule has 0 atom stereocenters. The van der Waals surface area contributed by atoms with Crippen LogP contribution in [0.3, 0.4) is 0 Å². The molecule has 0 spiro atoms. The Bertz CT molecular complexity index is 5790. The molecule has 2 aromatic heterocycles. The number of hydrogen-bond acceptors (Lipinski definition) is 4. The third kappa shape index (κ3) is 9.89. The van der Waals surface area contributed by atoms with Gasteiger partial charge in [0.05, 0.1) is 62.4 Å². The standard InChI is InChI=1S/C92H73BN6/c1-90(2,3)64-38-45-82(73(52-64)60-26-14-11-15-27-60)99-86-55-67(96-83-46-39-65(91(4,5)6)53-74(83)75-54-66(92(7,8)9)40-47-84(75)96)41-43-77(86)93-76-42-37-61(72-48-58(56-94)36-44-81(72)97-79-34-22-19-31-70(79)71-32-20-23-35-80(71)97)49-85(76)98(78-33-21-18-30-69(78)59-24-12-10-13-25-59)87-50-63(51-88(99)89(87)93)68-29-17-16-28-62(68)57-95/h10-55H,1-9H3. The number of benzene rings is 13. The molecule has 4 heterocycles. The number of para-hydroxylation sites is 3. The molecule has 474 valence electrons. The second-order valence-electron chi connectivity index (χ2n) is 29.9. The van der Waals surface area contributed by atoms with Gasteiger partial charge in [0.15, 0.2) is 0 Å². The van der Waals surface area contributed by atoms with Gasteiger partial charge in [-0.15, -0.1) is 0 Å². The summed E-state index contributed by atoms with van der Waals surface area (Å²) in [5.41, 5.74) is 28.8. The van der Waals surface area contributed by atoms with E-state index in [1.807, 2.05) is 18.2 Å². The molecule has 0 fully saturated rings. The Morgan fingerprint density at radius 1 is 0.293 bits per heavy atom. The van der Waals surface area contributed by atoms with Gasteiger partial charge < -0.3 is 18.9 Å². The molecular formula is C92H73BN6. The van der Waals surface area contributed by atoms with E-state index in [4.69, 9.17) is 0 Å². The van der Waals surface area contributed by atoms with Crippen molar-refractivity contribution < 1.29 is 0 Å². The maximum Gasteiger partial charge on any atom is 0.252 e. The zero-order chi connectivity index (χ0) is 67.8. The molecule has 99 heavy (non-hydrogen) atoms. The van der Waals surface area contributed by atoms with Gasteiger partial charge in [0.1, 0.15) is 0 Å². The van der Waals surface area contributed by atoms with Crippen molar-refractivity contribution in [2.75, 3.05) is 9.80 Å². The van der Waals surface area contributed by atoms with Gasteiger partial charge in [-0.05, 0) is 186 Å². The molecule has 0 radical (unpaired) electrons. The van der Waals surface area contributed by atoms with E-state index in [0.29, 0.717) is 11.1 Å². The van der Waals surface area contributed by atoms with Crippen LogP contribution in [-0.4, -0.2) is 15.8 Å². The highest BCUT2D eigenvalue weighted by Gasteiger charge is 2.45. The Morgan fingerprint density at radius 3 is 1.35 bits per heavy atom. The molecule has 0 saturated heterocycles. The van der Waals surface area contributed by atoms with Crippen molar-refractivity contribution >= 4 is 101 Å². The fourth-order valence-electron chi connectivity index (χ4n) is 15.8. The lowest BCUT2D eigenvalue weighted by Crippen LogP contribution is -2.61. The zero-order valence-electron chi connectivity index (χ0n) is 57.3. The zero-order valence-corrected chi connectivity index (χ0v) is 57.3. The number of rotatable bonds is 8. The highest BCUT2D eigenvalue weighted by molar-refractivity contribution is 7.00. The summed E-state index contributed by atoms with van der Waals surface area (Å²) in [7, 11) is 0. The lowest BCUT2D eigenvalue weighted by molar-refractivity contribution is 0.590. The Morgan fingerprint density at radius 2 is 0.758 bits per heavy atom. The predicted octanol–water partition coefficient (Wildman–Crippen LogP) is 22.3. The molecular weight excluding hydrogens is 1200 g/mol. The third-order valence-electron chi connectivity index (χ3n) is 20.8. The maximum absolute atomic E-state index is 11.2. The molecule has 0 unspecified atom stereocenters. The minimum Gasteiger partial charge on any atom is -0.311 e. The van der Waals surface area contributed by atoms with Gasteiger partial charge in [-0.1, -0.05) is 232 Å². The lowest BCUT2D eigenvalue weighted by atomic mass is 9.33. The van der Waals surface area contributed by atoms with Crippen LogP contribution >= 0.6 is 0 Å². The van der Waals surface area contributed by atoms with E-state index in [1.165, 1.54) is 27.5 Å². The summed E-state index contributed by atoms with van der Waals surface area (Å²) in [6, 6.07) is 107. The topological polar surface area (TPSA) is 63.9 Å². The smallest absolute Gasteiger partial charge is 0.252 e. The molecule has 0 saturated carbocycles. The highest BCUT2D eigenvalue weighted by atomic mass is 15.2. The van der Waals surface area contributed by atoms with Crippen molar-refractivity contribution in [1.82, 2.24) is 9.13 Å². The molecule has 0 bridgehead atoms. The first kappa shape index (κ1) is 60.7.